The fourth-order valence-electron chi connectivity index (χ4n) is 1.35. The zero-order chi connectivity index (χ0) is 10.6. The van der Waals surface area contributed by atoms with Crippen LogP contribution in [0, 0.1) is 13.8 Å². The summed E-state index contributed by atoms with van der Waals surface area (Å²) in [5.41, 5.74) is 3.17. The van der Waals surface area contributed by atoms with Crippen molar-refractivity contribution in [3.05, 3.63) is 11.4 Å². The topological polar surface area (TPSA) is 49.9 Å². The Kier molecular flexibility index (Phi) is 3.95. The Morgan fingerprint density at radius 3 is 2.71 bits per heavy atom. The average molecular weight is 197 g/mol. The summed E-state index contributed by atoms with van der Waals surface area (Å²) in [4.78, 5) is 0. The van der Waals surface area contributed by atoms with Crippen molar-refractivity contribution in [2.75, 3.05) is 18.5 Å². The molecule has 1 atom stereocenters. The van der Waals surface area contributed by atoms with E-state index in [1.54, 1.807) is 0 Å². The Bertz CT molecular complexity index is 263. The van der Waals surface area contributed by atoms with Crippen molar-refractivity contribution in [3.63, 3.8) is 0 Å². The third kappa shape index (κ3) is 2.73. The average Bonchev–Trinajstić information content (AvgIpc) is 2.46. The first kappa shape index (κ1) is 11.0. The van der Waals surface area contributed by atoms with Gasteiger partial charge in [-0.05, 0) is 27.7 Å². The molecule has 0 aliphatic carbocycles. The van der Waals surface area contributed by atoms with E-state index < -0.39 is 0 Å². The molecule has 1 heterocycles. The van der Waals surface area contributed by atoms with E-state index in [2.05, 4.69) is 22.4 Å². The van der Waals surface area contributed by atoms with Crippen molar-refractivity contribution < 1.29 is 4.74 Å². The number of hydrogen-bond donors (Lipinski definition) is 2. The Labute approximate surface area is 85.0 Å². The first-order chi connectivity index (χ1) is 6.65. The van der Waals surface area contributed by atoms with Crippen molar-refractivity contribution in [1.29, 1.82) is 0 Å². The van der Waals surface area contributed by atoms with E-state index >= 15 is 0 Å². The molecular formula is C10H19N3O. The minimum absolute atomic E-state index is 0.310. The molecule has 0 amide bonds. The number of aryl methyl sites for hydroxylation is 2. The number of nitrogens with one attached hydrogen (secondary N) is 2. The number of nitrogens with zero attached hydrogens (tertiary/aromatic N) is 1. The Morgan fingerprint density at radius 2 is 2.21 bits per heavy atom. The van der Waals surface area contributed by atoms with Gasteiger partial charge in [0, 0.05) is 12.6 Å². The van der Waals surface area contributed by atoms with Gasteiger partial charge < -0.3 is 10.1 Å². The molecule has 4 nitrogen and oxygen atoms in total. The molecule has 2 N–H and O–H groups in total. The quantitative estimate of drug-likeness (QED) is 0.757. The summed E-state index contributed by atoms with van der Waals surface area (Å²) < 4.78 is 5.33. The zero-order valence-electron chi connectivity index (χ0n) is 9.35. The molecule has 1 aromatic heterocycles. The molecule has 0 spiro atoms. The lowest BCUT2D eigenvalue weighted by Crippen LogP contribution is -2.22. The Morgan fingerprint density at radius 1 is 1.50 bits per heavy atom. The van der Waals surface area contributed by atoms with Crippen molar-refractivity contribution in [2.45, 2.75) is 33.7 Å². The summed E-state index contributed by atoms with van der Waals surface area (Å²) in [5.74, 6) is 0. The van der Waals surface area contributed by atoms with Gasteiger partial charge in [-0.2, -0.15) is 5.10 Å². The van der Waals surface area contributed by atoms with Gasteiger partial charge in [-0.1, -0.05) is 0 Å². The van der Waals surface area contributed by atoms with Crippen LogP contribution in [0.3, 0.4) is 0 Å². The maximum Gasteiger partial charge on any atom is 0.0825 e. The molecule has 1 rings (SSSR count). The number of aromatic nitrogens is 2. The molecule has 0 bridgehead atoms. The second-order valence-electron chi connectivity index (χ2n) is 3.51. The van der Waals surface area contributed by atoms with Crippen LogP contribution in [-0.2, 0) is 4.74 Å². The second-order valence-corrected chi connectivity index (χ2v) is 3.51. The molecular weight excluding hydrogens is 178 g/mol. The van der Waals surface area contributed by atoms with Gasteiger partial charge in [0.1, 0.15) is 0 Å². The van der Waals surface area contributed by atoms with E-state index in [9.17, 15) is 0 Å². The monoisotopic (exact) mass is 197 g/mol. The molecule has 0 saturated carbocycles. The summed E-state index contributed by atoms with van der Waals surface area (Å²) in [6, 6.07) is 0.310. The summed E-state index contributed by atoms with van der Waals surface area (Å²) in [6.45, 7) is 9.58. The van der Waals surface area contributed by atoms with Gasteiger partial charge in [0.05, 0.1) is 23.7 Å². The first-order valence-electron chi connectivity index (χ1n) is 5.01. The number of anilines is 1. The van der Waals surface area contributed by atoms with Crippen LogP contribution in [-0.4, -0.2) is 29.5 Å². The van der Waals surface area contributed by atoms with Crippen LogP contribution in [0.15, 0.2) is 0 Å². The van der Waals surface area contributed by atoms with Crippen LogP contribution in [0.4, 0.5) is 5.69 Å². The lowest BCUT2D eigenvalue weighted by atomic mass is 10.2. The summed E-state index contributed by atoms with van der Waals surface area (Å²) >= 11 is 0. The van der Waals surface area contributed by atoms with Gasteiger partial charge in [0.25, 0.3) is 0 Å². The highest BCUT2D eigenvalue weighted by atomic mass is 16.5. The highest BCUT2D eigenvalue weighted by molar-refractivity contribution is 5.51. The van der Waals surface area contributed by atoms with Crippen LogP contribution in [0.5, 0.6) is 0 Å². The summed E-state index contributed by atoms with van der Waals surface area (Å²) in [5, 5.41) is 10.4. The SMILES string of the molecule is CCOCC(C)Nc1c(C)n[nH]c1C. The van der Waals surface area contributed by atoms with E-state index in [-0.39, 0.29) is 0 Å². The van der Waals surface area contributed by atoms with E-state index in [1.165, 1.54) is 0 Å². The predicted molar refractivity (Wildman–Crippen MR) is 57.6 cm³/mol. The van der Waals surface area contributed by atoms with Gasteiger partial charge in [-0.3, -0.25) is 5.10 Å². The zero-order valence-corrected chi connectivity index (χ0v) is 9.35. The minimum Gasteiger partial charge on any atom is -0.380 e. The van der Waals surface area contributed by atoms with Gasteiger partial charge >= 0.3 is 0 Å². The highest BCUT2D eigenvalue weighted by Crippen LogP contribution is 2.16. The third-order valence-corrected chi connectivity index (χ3v) is 2.09. The molecule has 1 unspecified atom stereocenters. The molecule has 0 radical (unpaired) electrons. The van der Waals surface area contributed by atoms with Crippen LogP contribution >= 0.6 is 0 Å². The molecule has 0 aliphatic rings. The molecule has 80 valence electrons. The van der Waals surface area contributed by atoms with Crippen molar-refractivity contribution >= 4 is 5.69 Å². The lowest BCUT2D eigenvalue weighted by Gasteiger charge is -2.14. The van der Waals surface area contributed by atoms with E-state index in [1.807, 2.05) is 20.8 Å². The lowest BCUT2D eigenvalue weighted by molar-refractivity contribution is 0.141. The fraction of sp³-hybridized carbons (Fsp3) is 0.700. The second kappa shape index (κ2) is 5.00. The van der Waals surface area contributed by atoms with Crippen molar-refractivity contribution in [3.8, 4) is 0 Å². The van der Waals surface area contributed by atoms with Crippen LogP contribution in [0.25, 0.3) is 0 Å². The Balaban J connectivity index is 2.51. The molecule has 4 heteroatoms. The number of ether oxygens (including phenoxy) is 1. The standard InChI is InChI=1S/C10H19N3O/c1-5-14-6-7(2)11-10-8(3)12-13-9(10)4/h7,11H,5-6H2,1-4H3,(H,12,13). The van der Waals surface area contributed by atoms with E-state index in [0.29, 0.717) is 6.04 Å². The number of aromatic amines is 1. The smallest absolute Gasteiger partial charge is 0.0825 e. The van der Waals surface area contributed by atoms with Crippen molar-refractivity contribution in [1.82, 2.24) is 10.2 Å². The highest BCUT2D eigenvalue weighted by Gasteiger charge is 2.08. The van der Waals surface area contributed by atoms with Gasteiger partial charge in [-0.25, -0.2) is 0 Å². The first-order valence-corrected chi connectivity index (χ1v) is 5.01. The third-order valence-electron chi connectivity index (χ3n) is 2.09. The van der Waals surface area contributed by atoms with Gasteiger partial charge in [0.2, 0.25) is 0 Å². The maximum absolute atomic E-state index is 5.33. The summed E-state index contributed by atoms with van der Waals surface area (Å²) in [6.07, 6.45) is 0. The normalized spacial score (nSPS) is 12.9. The molecule has 0 fully saturated rings. The predicted octanol–water partition coefficient (Wildman–Crippen LogP) is 1.86. The molecule has 0 aliphatic heterocycles. The van der Waals surface area contributed by atoms with E-state index in [0.717, 1.165) is 30.3 Å². The minimum atomic E-state index is 0.310. The number of rotatable bonds is 5. The van der Waals surface area contributed by atoms with Gasteiger partial charge in [-0.15, -0.1) is 0 Å². The fourth-order valence-corrected chi connectivity index (χ4v) is 1.35. The molecule has 0 aromatic carbocycles. The van der Waals surface area contributed by atoms with Crippen LogP contribution in [0.2, 0.25) is 0 Å². The van der Waals surface area contributed by atoms with E-state index in [4.69, 9.17) is 4.74 Å². The van der Waals surface area contributed by atoms with Gasteiger partial charge in [0.15, 0.2) is 0 Å². The largest absolute Gasteiger partial charge is 0.380 e. The Hall–Kier alpha value is -1.03. The molecule has 0 saturated heterocycles. The number of hydrogen-bond acceptors (Lipinski definition) is 3. The molecule has 14 heavy (non-hydrogen) atoms. The number of H-pyrrole nitrogens is 1. The van der Waals surface area contributed by atoms with Crippen molar-refractivity contribution in [2.24, 2.45) is 0 Å². The van der Waals surface area contributed by atoms with Crippen LogP contribution in [0.1, 0.15) is 25.2 Å². The molecule has 1 aromatic rings. The van der Waals surface area contributed by atoms with Crippen LogP contribution < -0.4 is 5.32 Å². The maximum atomic E-state index is 5.33. The summed E-state index contributed by atoms with van der Waals surface area (Å²) in [7, 11) is 0.